The molecule has 1 fully saturated rings. The summed E-state index contributed by atoms with van der Waals surface area (Å²) in [6.45, 7) is 3.06. The number of nitrogens with zero attached hydrogens (tertiary/aromatic N) is 1. The van der Waals surface area contributed by atoms with Gasteiger partial charge in [0, 0.05) is 29.8 Å². The number of amides is 3. The molecule has 1 atom stereocenters. The van der Waals surface area contributed by atoms with E-state index in [-0.39, 0.29) is 36.2 Å². The third kappa shape index (κ3) is 6.19. The van der Waals surface area contributed by atoms with Crippen molar-refractivity contribution >= 4 is 23.6 Å². The van der Waals surface area contributed by atoms with E-state index in [9.17, 15) is 27.6 Å². The average molecular weight is 476 g/mol. The Hall–Kier alpha value is -3.73. The molecule has 3 N–H and O–H groups in total. The molecule has 180 valence electrons. The van der Waals surface area contributed by atoms with Crippen molar-refractivity contribution < 1.29 is 32.3 Å². The van der Waals surface area contributed by atoms with Crippen LogP contribution in [-0.4, -0.2) is 67.0 Å². The Balaban J connectivity index is 1.60. The topological polar surface area (TPSA) is 112 Å². The van der Waals surface area contributed by atoms with Crippen LogP contribution < -0.4 is 10.6 Å². The first-order valence-corrected chi connectivity index (χ1v) is 10.4. The fourth-order valence-electron chi connectivity index (χ4n) is 3.39. The monoisotopic (exact) mass is 476 g/mol. The highest BCUT2D eigenvalue weighted by atomic mass is 19.4. The summed E-state index contributed by atoms with van der Waals surface area (Å²) in [4.78, 5) is 38.1. The van der Waals surface area contributed by atoms with E-state index >= 15 is 0 Å². The maximum Gasteiger partial charge on any atom is 0.471 e. The van der Waals surface area contributed by atoms with Gasteiger partial charge in [0.2, 0.25) is 0 Å². The van der Waals surface area contributed by atoms with Gasteiger partial charge in [-0.25, -0.2) is 0 Å². The summed E-state index contributed by atoms with van der Waals surface area (Å²) >= 11 is 0. The van der Waals surface area contributed by atoms with Crippen LogP contribution in [0.2, 0.25) is 0 Å². The van der Waals surface area contributed by atoms with Gasteiger partial charge in [-0.3, -0.25) is 19.8 Å². The highest BCUT2D eigenvalue weighted by Gasteiger charge is 2.39. The number of amidine groups is 1. The number of halogens is 3. The first kappa shape index (κ1) is 24.9. The molecule has 0 bridgehead atoms. The van der Waals surface area contributed by atoms with E-state index in [0.717, 1.165) is 5.56 Å². The van der Waals surface area contributed by atoms with Crippen molar-refractivity contribution in [1.29, 1.82) is 5.41 Å². The third-order valence-electron chi connectivity index (χ3n) is 5.18. The summed E-state index contributed by atoms with van der Waals surface area (Å²) in [6.07, 6.45) is -5.11. The molecule has 0 saturated carbocycles. The minimum Gasteiger partial charge on any atom is -0.377 e. The fraction of sp³-hybridized carbons (Fsp3) is 0.304. The Kier molecular flexibility index (Phi) is 7.67. The molecule has 8 nitrogen and oxygen atoms in total. The van der Waals surface area contributed by atoms with Crippen molar-refractivity contribution in [2.75, 3.05) is 26.3 Å². The summed E-state index contributed by atoms with van der Waals surface area (Å²) in [5, 5.41) is 11.8. The average Bonchev–Trinajstić information content (AvgIpc) is 2.81. The number of carbonyl (C=O) groups excluding carboxylic acids is 3. The largest absolute Gasteiger partial charge is 0.471 e. The second-order valence-electron chi connectivity index (χ2n) is 7.71. The molecule has 0 aliphatic carbocycles. The van der Waals surface area contributed by atoms with Crippen molar-refractivity contribution in [3.05, 3.63) is 70.8 Å². The normalized spacial score (nSPS) is 16.0. The summed E-state index contributed by atoms with van der Waals surface area (Å²) in [5.74, 6) is -3.61. The Morgan fingerprint density at radius 3 is 2.41 bits per heavy atom. The lowest BCUT2D eigenvalue weighted by Crippen LogP contribution is -2.53. The van der Waals surface area contributed by atoms with Crippen LogP contribution >= 0.6 is 0 Å². The molecule has 1 heterocycles. The molecule has 1 saturated heterocycles. The second kappa shape index (κ2) is 10.5. The van der Waals surface area contributed by atoms with Crippen molar-refractivity contribution in [1.82, 2.24) is 15.5 Å². The minimum absolute atomic E-state index is 0.00440. The molecule has 0 aromatic heterocycles. The number of alkyl halides is 3. The van der Waals surface area contributed by atoms with Crippen molar-refractivity contribution in [3.8, 4) is 0 Å². The predicted octanol–water partition coefficient (Wildman–Crippen LogP) is 2.27. The van der Waals surface area contributed by atoms with Crippen LogP contribution in [0.5, 0.6) is 0 Å². The zero-order valence-corrected chi connectivity index (χ0v) is 18.2. The van der Waals surface area contributed by atoms with E-state index in [1.165, 1.54) is 29.6 Å². The van der Waals surface area contributed by atoms with Gasteiger partial charge < -0.3 is 20.3 Å². The fourth-order valence-corrected chi connectivity index (χ4v) is 3.39. The first-order chi connectivity index (χ1) is 16.1. The Morgan fingerprint density at radius 2 is 1.76 bits per heavy atom. The van der Waals surface area contributed by atoms with Crippen LogP contribution in [0.25, 0.3) is 0 Å². The van der Waals surface area contributed by atoms with E-state index in [1.54, 1.807) is 23.1 Å². The summed E-state index contributed by atoms with van der Waals surface area (Å²) in [6, 6.07) is 12.0. The standard InChI is InChI=1S/C23H23F3N4O4/c1-14-3-2-4-17(11-14)21(32)30-9-10-34-13-18(30)12-28-20(31)16-7-5-15(6-8-16)19(27)29-22(33)23(24,25)26/h2-8,11,18H,9-10,12-13H2,1H3,(H,28,31)(H2,27,29,33). The van der Waals surface area contributed by atoms with Gasteiger partial charge in [-0.2, -0.15) is 13.2 Å². The van der Waals surface area contributed by atoms with Gasteiger partial charge >= 0.3 is 12.1 Å². The molecule has 11 heteroatoms. The summed E-state index contributed by atoms with van der Waals surface area (Å²) in [7, 11) is 0. The van der Waals surface area contributed by atoms with Gasteiger partial charge in [0.15, 0.2) is 0 Å². The minimum atomic E-state index is -5.11. The molecule has 0 radical (unpaired) electrons. The molecule has 3 amide bonds. The number of morpholine rings is 1. The number of hydrogen-bond acceptors (Lipinski definition) is 5. The molecular weight excluding hydrogens is 453 g/mol. The number of benzene rings is 2. The summed E-state index contributed by atoms with van der Waals surface area (Å²) in [5.41, 5.74) is 1.71. The molecule has 1 aliphatic heterocycles. The molecule has 3 rings (SSSR count). The van der Waals surface area contributed by atoms with E-state index < -0.39 is 23.8 Å². The van der Waals surface area contributed by atoms with E-state index in [4.69, 9.17) is 10.1 Å². The number of aryl methyl sites for hydroxylation is 1. The first-order valence-electron chi connectivity index (χ1n) is 10.4. The van der Waals surface area contributed by atoms with Crippen molar-refractivity contribution in [3.63, 3.8) is 0 Å². The maximum absolute atomic E-state index is 13.0. The van der Waals surface area contributed by atoms with Gasteiger partial charge in [-0.05, 0) is 31.2 Å². The lowest BCUT2D eigenvalue weighted by molar-refractivity contribution is -0.171. The SMILES string of the molecule is Cc1cccc(C(=O)N2CCOCC2CNC(=O)c2ccc(C(=N)NC(=O)C(F)(F)F)cc2)c1. The highest BCUT2D eigenvalue weighted by molar-refractivity contribution is 6.08. The second-order valence-corrected chi connectivity index (χ2v) is 7.71. The Morgan fingerprint density at radius 1 is 1.09 bits per heavy atom. The number of carbonyl (C=O) groups is 3. The van der Waals surface area contributed by atoms with Crippen molar-refractivity contribution in [2.45, 2.75) is 19.1 Å². The smallest absolute Gasteiger partial charge is 0.377 e. The predicted molar refractivity (Wildman–Crippen MR) is 117 cm³/mol. The molecule has 0 spiro atoms. The molecular formula is C23H23F3N4O4. The number of nitrogens with one attached hydrogen (secondary N) is 3. The maximum atomic E-state index is 13.0. The summed E-state index contributed by atoms with van der Waals surface area (Å²) < 4.78 is 42.5. The van der Waals surface area contributed by atoms with Crippen LogP contribution in [0.15, 0.2) is 48.5 Å². The Labute approximate surface area is 193 Å². The molecule has 2 aromatic carbocycles. The molecule has 1 aliphatic rings. The molecule has 34 heavy (non-hydrogen) atoms. The zero-order chi connectivity index (χ0) is 24.9. The Bertz CT molecular complexity index is 1090. The van der Waals surface area contributed by atoms with Crippen LogP contribution in [0.3, 0.4) is 0 Å². The highest BCUT2D eigenvalue weighted by Crippen LogP contribution is 2.16. The number of hydrogen-bond donors (Lipinski definition) is 3. The lowest BCUT2D eigenvalue weighted by atomic mass is 10.1. The van der Waals surface area contributed by atoms with Gasteiger partial charge in [-0.1, -0.05) is 29.8 Å². The third-order valence-corrected chi connectivity index (χ3v) is 5.18. The van der Waals surface area contributed by atoms with Gasteiger partial charge in [0.1, 0.15) is 5.84 Å². The van der Waals surface area contributed by atoms with Gasteiger partial charge in [-0.15, -0.1) is 0 Å². The van der Waals surface area contributed by atoms with E-state index in [2.05, 4.69) is 5.32 Å². The number of ether oxygens (including phenoxy) is 1. The van der Waals surface area contributed by atoms with Crippen LogP contribution in [0.1, 0.15) is 31.8 Å². The molecule has 2 aromatic rings. The van der Waals surface area contributed by atoms with Crippen LogP contribution in [-0.2, 0) is 9.53 Å². The van der Waals surface area contributed by atoms with E-state index in [0.29, 0.717) is 18.7 Å². The quantitative estimate of drug-likeness (QED) is 0.454. The molecule has 1 unspecified atom stereocenters. The van der Waals surface area contributed by atoms with E-state index in [1.807, 2.05) is 13.0 Å². The zero-order valence-electron chi connectivity index (χ0n) is 18.2. The van der Waals surface area contributed by atoms with Crippen molar-refractivity contribution in [2.24, 2.45) is 0 Å². The number of rotatable bonds is 5. The lowest BCUT2D eigenvalue weighted by Gasteiger charge is -2.35. The van der Waals surface area contributed by atoms with Gasteiger partial charge in [0.05, 0.1) is 19.3 Å². The van der Waals surface area contributed by atoms with Gasteiger partial charge in [0.25, 0.3) is 11.8 Å². The van der Waals surface area contributed by atoms with Crippen LogP contribution in [0, 0.1) is 12.3 Å². The van der Waals surface area contributed by atoms with Crippen LogP contribution in [0.4, 0.5) is 13.2 Å².